The Morgan fingerprint density at radius 3 is 2.23 bits per heavy atom. The number of hydrogen-bond donors (Lipinski definition) is 1. The minimum atomic E-state index is -4.06. The van der Waals surface area contributed by atoms with Gasteiger partial charge in [-0.2, -0.15) is 4.31 Å². The van der Waals surface area contributed by atoms with Crippen LogP contribution in [0, 0.1) is 6.92 Å². The van der Waals surface area contributed by atoms with Crippen molar-refractivity contribution < 1.29 is 31.1 Å². The van der Waals surface area contributed by atoms with Crippen molar-refractivity contribution in [1.82, 2.24) is 9.62 Å². The maximum Gasteiger partial charge on any atom is 0.264 e. The van der Waals surface area contributed by atoms with Crippen LogP contribution in [0.5, 0.6) is 5.75 Å². The van der Waals surface area contributed by atoms with Gasteiger partial charge in [0.25, 0.3) is 10.0 Å². The number of rotatable bonds is 11. The topological polar surface area (TPSA) is 122 Å². The van der Waals surface area contributed by atoms with Crippen molar-refractivity contribution in [3.63, 3.8) is 0 Å². The van der Waals surface area contributed by atoms with E-state index in [2.05, 4.69) is 5.32 Å². The molecule has 3 aromatic carbocycles. The van der Waals surface area contributed by atoms with Crippen LogP contribution in [0.15, 0.2) is 82.6 Å². The van der Waals surface area contributed by atoms with Crippen LogP contribution in [0.2, 0.25) is 5.02 Å². The zero-order chi connectivity index (χ0) is 28.8. The summed E-state index contributed by atoms with van der Waals surface area (Å²) in [5.74, 6) is -0.0848. The lowest BCUT2D eigenvalue weighted by molar-refractivity contribution is -0.119. The smallest absolute Gasteiger partial charge is 0.264 e. The number of hydrogen-bond acceptors (Lipinski definition) is 7. The molecule has 1 saturated heterocycles. The van der Waals surface area contributed by atoms with E-state index in [9.17, 15) is 21.6 Å². The highest BCUT2D eigenvalue weighted by atomic mass is 35.5. The van der Waals surface area contributed by atoms with Crippen molar-refractivity contribution >= 4 is 43.2 Å². The molecule has 1 heterocycles. The molecule has 13 heteroatoms. The number of halogens is 1. The van der Waals surface area contributed by atoms with Crippen molar-refractivity contribution in [2.24, 2.45) is 0 Å². The summed E-state index contributed by atoms with van der Waals surface area (Å²) >= 11 is 5.93. The van der Waals surface area contributed by atoms with Gasteiger partial charge in [-0.3, -0.25) is 9.10 Å². The van der Waals surface area contributed by atoms with Crippen LogP contribution in [-0.2, 0) is 29.6 Å². The third kappa shape index (κ3) is 7.12. The van der Waals surface area contributed by atoms with E-state index < -0.39 is 32.5 Å². The van der Waals surface area contributed by atoms with E-state index in [-0.39, 0.29) is 22.9 Å². The molecule has 0 atom stereocenters. The summed E-state index contributed by atoms with van der Waals surface area (Å²) in [5, 5.41) is 3.07. The highest BCUT2D eigenvalue weighted by Crippen LogP contribution is 2.27. The Bertz CT molecular complexity index is 1530. The van der Waals surface area contributed by atoms with Gasteiger partial charge in [-0.05, 0) is 67.1 Å². The summed E-state index contributed by atoms with van der Waals surface area (Å²) < 4.78 is 65.8. The maximum absolute atomic E-state index is 13.5. The van der Waals surface area contributed by atoms with Crippen molar-refractivity contribution in [1.29, 1.82) is 0 Å². The molecule has 0 saturated carbocycles. The second kappa shape index (κ2) is 13.0. The van der Waals surface area contributed by atoms with Crippen molar-refractivity contribution in [2.45, 2.75) is 16.7 Å². The molecule has 0 spiro atoms. The number of carbonyl (C=O) groups is 1. The molecule has 10 nitrogen and oxygen atoms in total. The lowest BCUT2D eigenvalue weighted by atomic mass is 10.2. The fourth-order valence-electron chi connectivity index (χ4n) is 4.07. The van der Waals surface area contributed by atoms with Gasteiger partial charge in [0.05, 0.1) is 35.2 Å². The second-order valence-corrected chi connectivity index (χ2v) is 13.2. The maximum atomic E-state index is 13.5. The third-order valence-corrected chi connectivity index (χ3v) is 10.1. The van der Waals surface area contributed by atoms with Crippen LogP contribution >= 0.6 is 11.6 Å². The molecular formula is C27H30ClN3O7S2. The van der Waals surface area contributed by atoms with Crippen LogP contribution in [0.1, 0.15) is 5.56 Å². The quantitative estimate of drug-likeness (QED) is 0.332. The number of amides is 1. The highest BCUT2D eigenvalue weighted by molar-refractivity contribution is 7.92. The van der Waals surface area contributed by atoms with Gasteiger partial charge in [-0.1, -0.05) is 29.8 Å². The summed E-state index contributed by atoms with van der Waals surface area (Å²) in [7, 11) is -7.67. The summed E-state index contributed by atoms with van der Waals surface area (Å²) in [6.45, 7) is 2.87. The Labute approximate surface area is 239 Å². The van der Waals surface area contributed by atoms with E-state index >= 15 is 0 Å². The summed E-state index contributed by atoms with van der Waals surface area (Å²) in [4.78, 5) is 13.0. The van der Waals surface area contributed by atoms with Crippen molar-refractivity contribution in [2.75, 3.05) is 50.3 Å². The minimum absolute atomic E-state index is 0.00960. The molecule has 0 bridgehead atoms. The zero-order valence-electron chi connectivity index (χ0n) is 21.8. The van der Waals surface area contributed by atoms with E-state index in [4.69, 9.17) is 21.1 Å². The standard InChI is InChI=1S/C27H30ClN3O7S2/c1-21-4-2-3-5-26(21)31(40(35,36)25-10-6-22(28)7-11-25)20-27(32)29-14-17-38-23-8-12-24(13-9-23)39(33,34)30-15-18-37-19-16-30/h2-13H,14-20H2,1H3,(H,29,32). The van der Waals surface area contributed by atoms with Gasteiger partial charge in [-0.15, -0.1) is 0 Å². The monoisotopic (exact) mass is 607 g/mol. The number of aryl methyl sites for hydroxylation is 1. The number of morpholine rings is 1. The molecule has 214 valence electrons. The average molecular weight is 608 g/mol. The molecule has 40 heavy (non-hydrogen) atoms. The van der Waals surface area contributed by atoms with Gasteiger partial charge in [0.15, 0.2) is 0 Å². The van der Waals surface area contributed by atoms with Crippen LogP contribution in [0.3, 0.4) is 0 Å². The molecule has 0 aromatic heterocycles. The number of nitrogens with one attached hydrogen (secondary N) is 1. The molecule has 0 radical (unpaired) electrons. The molecular weight excluding hydrogens is 578 g/mol. The van der Waals surface area contributed by atoms with Gasteiger partial charge >= 0.3 is 0 Å². The summed E-state index contributed by atoms with van der Waals surface area (Å²) in [6, 6.07) is 18.7. The third-order valence-electron chi connectivity index (χ3n) is 6.20. The minimum Gasteiger partial charge on any atom is -0.492 e. The first-order valence-corrected chi connectivity index (χ1v) is 15.8. The Morgan fingerprint density at radius 1 is 0.950 bits per heavy atom. The first-order chi connectivity index (χ1) is 19.1. The second-order valence-electron chi connectivity index (χ2n) is 8.94. The van der Waals surface area contributed by atoms with E-state index in [0.717, 1.165) is 4.31 Å². The summed E-state index contributed by atoms with van der Waals surface area (Å²) in [5.41, 5.74) is 1.08. The van der Waals surface area contributed by atoms with E-state index in [1.165, 1.54) is 40.7 Å². The highest BCUT2D eigenvalue weighted by Gasteiger charge is 2.28. The van der Waals surface area contributed by atoms with Crippen LogP contribution < -0.4 is 14.4 Å². The lowest BCUT2D eigenvalue weighted by Gasteiger charge is -2.26. The normalized spacial score (nSPS) is 14.4. The number of benzene rings is 3. The number of sulfonamides is 2. The largest absolute Gasteiger partial charge is 0.492 e. The van der Waals surface area contributed by atoms with Crippen molar-refractivity contribution in [3.05, 3.63) is 83.4 Å². The number of carbonyl (C=O) groups excluding carboxylic acids is 1. The zero-order valence-corrected chi connectivity index (χ0v) is 24.2. The first-order valence-electron chi connectivity index (χ1n) is 12.5. The van der Waals surface area contributed by atoms with Gasteiger partial charge in [0.2, 0.25) is 15.9 Å². The predicted octanol–water partition coefficient (Wildman–Crippen LogP) is 3.06. The van der Waals surface area contributed by atoms with Crippen molar-refractivity contribution in [3.8, 4) is 5.75 Å². The van der Waals surface area contributed by atoms with E-state index in [1.807, 2.05) is 0 Å². The lowest BCUT2D eigenvalue weighted by Crippen LogP contribution is -2.42. The fraction of sp³-hybridized carbons (Fsp3) is 0.296. The molecule has 0 aliphatic carbocycles. The molecule has 1 aliphatic heterocycles. The first kappa shape index (κ1) is 29.8. The Morgan fingerprint density at radius 2 is 1.57 bits per heavy atom. The van der Waals surface area contributed by atoms with Gasteiger partial charge in [-0.25, -0.2) is 16.8 Å². The van der Waals surface area contributed by atoms with Gasteiger partial charge in [0, 0.05) is 18.1 Å². The van der Waals surface area contributed by atoms with Crippen LogP contribution in [-0.4, -0.2) is 73.0 Å². The van der Waals surface area contributed by atoms with Crippen LogP contribution in [0.25, 0.3) is 0 Å². The molecule has 1 aliphatic rings. The predicted molar refractivity (Wildman–Crippen MR) is 152 cm³/mol. The molecule has 1 amide bonds. The fourth-order valence-corrected chi connectivity index (χ4v) is 7.09. The van der Waals surface area contributed by atoms with E-state index in [0.29, 0.717) is 48.3 Å². The SMILES string of the molecule is Cc1ccccc1N(CC(=O)NCCOc1ccc(S(=O)(=O)N2CCOCC2)cc1)S(=O)(=O)c1ccc(Cl)cc1. The number of ether oxygens (including phenoxy) is 2. The molecule has 0 unspecified atom stereocenters. The Balaban J connectivity index is 1.36. The Kier molecular flexibility index (Phi) is 9.69. The Hall–Kier alpha value is -3.16. The molecule has 1 N–H and O–H groups in total. The number of nitrogens with zero attached hydrogens (tertiary/aromatic N) is 2. The molecule has 1 fully saturated rings. The van der Waals surface area contributed by atoms with Gasteiger partial charge < -0.3 is 14.8 Å². The number of anilines is 1. The van der Waals surface area contributed by atoms with Gasteiger partial charge in [0.1, 0.15) is 18.9 Å². The number of para-hydroxylation sites is 1. The summed E-state index contributed by atoms with van der Waals surface area (Å²) in [6.07, 6.45) is 0. The molecule has 3 aromatic rings. The van der Waals surface area contributed by atoms with Crippen LogP contribution in [0.4, 0.5) is 5.69 Å². The molecule has 4 rings (SSSR count). The average Bonchev–Trinajstić information content (AvgIpc) is 2.95. The van der Waals surface area contributed by atoms with E-state index in [1.54, 1.807) is 43.3 Å².